The highest BCUT2D eigenvalue weighted by molar-refractivity contribution is 6.34. The lowest BCUT2D eigenvalue weighted by Crippen LogP contribution is -2.08. The molecule has 1 aromatic carbocycles. The van der Waals surface area contributed by atoms with Gasteiger partial charge in [0.2, 0.25) is 5.91 Å². The summed E-state index contributed by atoms with van der Waals surface area (Å²) in [6.07, 6.45) is 3.79. The second-order valence-corrected chi connectivity index (χ2v) is 5.10. The zero-order valence-electron chi connectivity index (χ0n) is 11.6. The predicted octanol–water partition coefficient (Wildman–Crippen LogP) is 3.21. The van der Waals surface area contributed by atoms with E-state index in [1.54, 1.807) is 16.8 Å². The molecule has 0 aliphatic heterocycles. The van der Waals surface area contributed by atoms with Gasteiger partial charge in [0.05, 0.1) is 22.9 Å². The second kappa shape index (κ2) is 5.96. The van der Waals surface area contributed by atoms with Crippen LogP contribution in [-0.4, -0.2) is 15.7 Å². The molecule has 6 heteroatoms. The lowest BCUT2D eigenvalue weighted by molar-refractivity contribution is -0.114. The number of hydrogen-bond donors (Lipinski definition) is 2. The Balaban J connectivity index is 2.10. The maximum absolute atomic E-state index is 11.0. The van der Waals surface area contributed by atoms with Crippen molar-refractivity contribution in [3.05, 3.63) is 41.2 Å². The molecule has 20 heavy (non-hydrogen) atoms. The molecular formula is C14H17ClN4O. The van der Waals surface area contributed by atoms with Crippen molar-refractivity contribution in [2.75, 3.05) is 10.6 Å². The molecule has 2 N–H and O–H groups in total. The van der Waals surface area contributed by atoms with E-state index in [0.29, 0.717) is 10.7 Å². The molecule has 0 aliphatic rings. The van der Waals surface area contributed by atoms with E-state index < -0.39 is 0 Å². The van der Waals surface area contributed by atoms with Crippen LogP contribution in [0.25, 0.3) is 0 Å². The van der Waals surface area contributed by atoms with Crippen LogP contribution >= 0.6 is 11.6 Å². The molecule has 1 atom stereocenters. The number of hydrogen-bond acceptors (Lipinski definition) is 3. The monoisotopic (exact) mass is 292 g/mol. The number of aryl methyl sites for hydroxylation is 1. The molecule has 0 saturated heterocycles. The topological polar surface area (TPSA) is 59.0 Å². The lowest BCUT2D eigenvalue weighted by Gasteiger charge is -2.15. The number of rotatable bonds is 4. The number of halogens is 1. The highest BCUT2D eigenvalue weighted by Crippen LogP contribution is 2.27. The number of carbonyl (C=O) groups excluding carboxylic acids is 1. The van der Waals surface area contributed by atoms with Crippen LogP contribution in [0.5, 0.6) is 0 Å². The lowest BCUT2D eigenvalue weighted by atomic mass is 10.1. The van der Waals surface area contributed by atoms with E-state index >= 15 is 0 Å². The summed E-state index contributed by atoms with van der Waals surface area (Å²) in [6.45, 7) is 3.50. The maximum atomic E-state index is 11.0. The van der Waals surface area contributed by atoms with Crippen molar-refractivity contribution in [3.8, 4) is 0 Å². The van der Waals surface area contributed by atoms with Crippen LogP contribution in [0.3, 0.4) is 0 Å². The number of carbonyl (C=O) groups is 1. The fourth-order valence-corrected chi connectivity index (χ4v) is 2.12. The van der Waals surface area contributed by atoms with Crippen LogP contribution in [0.1, 0.15) is 25.5 Å². The molecule has 1 aromatic heterocycles. The highest BCUT2D eigenvalue weighted by Gasteiger charge is 2.09. The number of aromatic nitrogens is 2. The van der Waals surface area contributed by atoms with Gasteiger partial charge in [-0.2, -0.15) is 5.10 Å². The molecule has 2 aromatic rings. The van der Waals surface area contributed by atoms with Crippen LogP contribution in [0.2, 0.25) is 5.02 Å². The molecule has 0 fully saturated rings. The van der Waals surface area contributed by atoms with Gasteiger partial charge in [0.15, 0.2) is 0 Å². The first-order valence-corrected chi connectivity index (χ1v) is 6.65. The average Bonchev–Trinajstić information content (AvgIpc) is 2.79. The van der Waals surface area contributed by atoms with Gasteiger partial charge in [-0.15, -0.1) is 0 Å². The van der Waals surface area contributed by atoms with E-state index in [1.807, 2.05) is 32.4 Å². The fourth-order valence-electron chi connectivity index (χ4n) is 1.89. The van der Waals surface area contributed by atoms with Gasteiger partial charge in [-0.3, -0.25) is 9.48 Å². The summed E-state index contributed by atoms with van der Waals surface area (Å²) < 4.78 is 1.76. The Morgan fingerprint density at radius 1 is 1.45 bits per heavy atom. The van der Waals surface area contributed by atoms with E-state index in [0.717, 1.165) is 11.3 Å². The molecule has 0 spiro atoms. The first kappa shape index (κ1) is 14.4. The largest absolute Gasteiger partial charge is 0.378 e. The van der Waals surface area contributed by atoms with Crippen molar-refractivity contribution in [2.45, 2.75) is 19.9 Å². The maximum Gasteiger partial charge on any atom is 0.221 e. The molecule has 1 amide bonds. The Bertz CT molecular complexity index is 623. The molecule has 0 saturated carbocycles. The number of anilines is 2. The standard InChI is InChI=1S/C14H17ClN4O/c1-9(11-7-16-19(3)8-11)17-12-4-5-14(13(15)6-12)18-10(2)20/h4-9,17H,1-3H3,(H,18,20). The number of benzene rings is 1. The molecule has 0 aliphatic carbocycles. The molecule has 5 nitrogen and oxygen atoms in total. The SMILES string of the molecule is CC(=O)Nc1ccc(NC(C)c2cnn(C)c2)cc1Cl. The fraction of sp³-hybridized carbons (Fsp3) is 0.286. The van der Waals surface area contributed by atoms with Crippen molar-refractivity contribution in [1.82, 2.24) is 9.78 Å². The van der Waals surface area contributed by atoms with Crippen molar-refractivity contribution in [1.29, 1.82) is 0 Å². The third-order valence-corrected chi connectivity index (χ3v) is 3.20. The third kappa shape index (κ3) is 3.51. The Kier molecular flexibility index (Phi) is 4.29. The van der Waals surface area contributed by atoms with Crippen LogP contribution in [-0.2, 0) is 11.8 Å². The minimum Gasteiger partial charge on any atom is -0.378 e. The van der Waals surface area contributed by atoms with E-state index in [9.17, 15) is 4.79 Å². The van der Waals surface area contributed by atoms with Gasteiger partial charge in [0.1, 0.15) is 0 Å². The van der Waals surface area contributed by atoms with Gasteiger partial charge in [-0.1, -0.05) is 11.6 Å². The summed E-state index contributed by atoms with van der Waals surface area (Å²) in [6, 6.07) is 5.57. The predicted molar refractivity (Wildman–Crippen MR) is 81.0 cm³/mol. The molecule has 2 rings (SSSR count). The van der Waals surface area contributed by atoms with Gasteiger partial charge in [0, 0.05) is 31.4 Å². The van der Waals surface area contributed by atoms with Crippen molar-refractivity contribution in [2.24, 2.45) is 7.05 Å². The zero-order chi connectivity index (χ0) is 14.7. The average molecular weight is 293 g/mol. The molecule has 1 unspecified atom stereocenters. The molecule has 106 valence electrons. The number of nitrogens with zero attached hydrogens (tertiary/aromatic N) is 2. The van der Waals surface area contributed by atoms with Gasteiger partial charge in [-0.05, 0) is 25.1 Å². The van der Waals surface area contributed by atoms with E-state index in [2.05, 4.69) is 15.7 Å². The number of nitrogens with one attached hydrogen (secondary N) is 2. The number of amides is 1. The minimum absolute atomic E-state index is 0.117. The van der Waals surface area contributed by atoms with Crippen molar-refractivity contribution in [3.63, 3.8) is 0 Å². The Morgan fingerprint density at radius 3 is 2.75 bits per heavy atom. The highest BCUT2D eigenvalue weighted by atomic mass is 35.5. The summed E-state index contributed by atoms with van der Waals surface area (Å²) in [4.78, 5) is 11.0. The van der Waals surface area contributed by atoms with Crippen molar-refractivity contribution < 1.29 is 4.79 Å². The van der Waals surface area contributed by atoms with Gasteiger partial charge in [0.25, 0.3) is 0 Å². The Hall–Kier alpha value is -2.01. The summed E-state index contributed by atoms with van der Waals surface area (Å²) in [7, 11) is 1.88. The van der Waals surface area contributed by atoms with Crippen LogP contribution in [0, 0.1) is 0 Å². The van der Waals surface area contributed by atoms with E-state index in [-0.39, 0.29) is 11.9 Å². The molecular weight excluding hydrogens is 276 g/mol. The molecule has 0 radical (unpaired) electrons. The molecule has 1 heterocycles. The van der Waals surface area contributed by atoms with Crippen LogP contribution in [0.4, 0.5) is 11.4 Å². The summed E-state index contributed by atoms with van der Waals surface area (Å²) in [5.74, 6) is -0.142. The third-order valence-electron chi connectivity index (χ3n) is 2.89. The van der Waals surface area contributed by atoms with Gasteiger partial charge < -0.3 is 10.6 Å². The quantitative estimate of drug-likeness (QED) is 0.910. The summed E-state index contributed by atoms with van der Waals surface area (Å²) >= 11 is 6.14. The second-order valence-electron chi connectivity index (χ2n) is 4.69. The summed E-state index contributed by atoms with van der Waals surface area (Å²) in [5.41, 5.74) is 2.59. The van der Waals surface area contributed by atoms with Gasteiger partial charge >= 0.3 is 0 Å². The first-order chi connectivity index (χ1) is 9.45. The minimum atomic E-state index is -0.142. The van der Waals surface area contributed by atoms with E-state index in [4.69, 9.17) is 11.6 Å². The Labute approximate surface area is 122 Å². The van der Waals surface area contributed by atoms with Crippen molar-refractivity contribution >= 4 is 28.9 Å². The smallest absolute Gasteiger partial charge is 0.221 e. The first-order valence-electron chi connectivity index (χ1n) is 6.28. The van der Waals surface area contributed by atoms with Crippen LogP contribution < -0.4 is 10.6 Å². The van der Waals surface area contributed by atoms with Crippen LogP contribution in [0.15, 0.2) is 30.6 Å². The Morgan fingerprint density at radius 2 is 2.20 bits per heavy atom. The van der Waals surface area contributed by atoms with E-state index in [1.165, 1.54) is 6.92 Å². The zero-order valence-corrected chi connectivity index (χ0v) is 12.4. The molecule has 0 bridgehead atoms. The normalized spacial score (nSPS) is 12.0. The van der Waals surface area contributed by atoms with Gasteiger partial charge in [-0.25, -0.2) is 0 Å². The summed E-state index contributed by atoms with van der Waals surface area (Å²) in [5, 5.41) is 10.7.